The topological polar surface area (TPSA) is 24.9 Å². The monoisotopic (exact) mass is 238 g/mol. The Hall–Kier alpha value is -0.410. The van der Waals surface area contributed by atoms with Crippen LogP contribution in [0.15, 0.2) is 5.38 Å². The average Bonchev–Trinajstić information content (AvgIpc) is 2.77. The molecule has 0 amide bonds. The van der Waals surface area contributed by atoms with Gasteiger partial charge in [-0.3, -0.25) is 0 Å². The molecule has 1 aromatic rings. The van der Waals surface area contributed by atoms with E-state index in [0.717, 1.165) is 11.6 Å². The first-order chi connectivity index (χ1) is 7.49. The van der Waals surface area contributed by atoms with Gasteiger partial charge in [-0.15, -0.1) is 11.3 Å². The summed E-state index contributed by atoms with van der Waals surface area (Å²) in [4.78, 5) is 4.61. The summed E-state index contributed by atoms with van der Waals surface area (Å²) < 4.78 is 0. The van der Waals surface area contributed by atoms with Crippen molar-refractivity contribution in [3.05, 3.63) is 16.1 Å². The molecule has 1 heterocycles. The Morgan fingerprint density at radius 2 is 2.19 bits per heavy atom. The largest absolute Gasteiger partial charge is 0.303 e. The van der Waals surface area contributed by atoms with Gasteiger partial charge in [-0.2, -0.15) is 0 Å². The van der Waals surface area contributed by atoms with Gasteiger partial charge in [0.1, 0.15) is 5.01 Å². The van der Waals surface area contributed by atoms with E-state index in [1.807, 2.05) is 0 Å². The van der Waals surface area contributed by atoms with Crippen LogP contribution < -0.4 is 5.32 Å². The van der Waals surface area contributed by atoms with Gasteiger partial charge < -0.3 is 5.32 Å². The van der Waals surface area contributed by atoms with Gasteiger partial charge in [0.2, 0.25) is 0 Å². The highest BCUT2D eigenvalue weighted by Gasteiger charge is 2.31. The van der Waals surface area contributed by atoms with E-state index in [4.69, 9.17) is 0 Å². The van der Waals surface area contributed by atoms with E-state index >= 15 is 0 Å². The maximum atomic E-state index is 4.61. The molecule has 2 rings (SSSR count). The van der Waals surface area contributed by atoms with Gasteiger partial charge in [-0.05, 0) is 39.5 Å². The van der Waals surface area contributed by atoms with Gasteiger partial charge in [-0.1, -0.05) is 13.3 Å². The van der Waals surface area contributed by atoms with Crippen LogP contribution in [0.4, 0.5) is 0 Å². The molecule has 0 radical (unpaired) electrons. The number of aryl methyl sites for hydroxylation is 1. The highest BCUT2D eigenvalue weighted by molar-refractivity contribution is 7.09. The highest BCUT2D eigenvalue weighted by Crippen LogP contribution is 2.30. The predicted molar refractivity (Wildman–Crippen MR) is 69.8 cm³/mol. The van der Waals surface area contributed by atoms with Crippen LogP contribution in [0.3, 0.4) is 0 Å². The molecule has 90 valence electrons. The van der Waals surface area contributed by atoms with E-state index in [-0.39, 0.29) is 5.54 Å². The normalized spacial score (nSPS) is 26.2. The third kappa shape index (κ3) is 2.46. The second-order valence-corrected chi connectivity index (χ2v) is 6.44. The molecule has 0 aromatic carbocycles. The van der Waals surface area contributed by atoms with Crippen LogP contribution in [-0.2, 0) is 5.54 Å². The van der Waals surface area contributed by atoms with Crippen molar-refractivity contribution >= 4 is 11.3 Å². The lowest BCUT2D eigenvalue weighted by Gasteiger charge is -2.30. The summed E-state index contributed by atoms with van der Waals surface area (Å²) in [7, 11) is 0. The van der Waals surface area contributed by atoms with Crippen LogP contribution in [0.25, 0.3) is 0 Å². The summed E-state index contributed by atoms with van der Waals surface area (Å²) in [5, 5.41) is 7.13. The molecule has 2 atom stereocenters. The van der Waals surface area contributed by atoms with E-state index in [1.165, 1.54) is 24.3 Å². The maximum Gasteiger partial charge on any atom is 0.112 e. The van der Waals surface area contributed by atoms with Crippen LogP contribution in [-0.4, -0.2) is 11.0 Å². The van der Waals surface area contributed by atoms with Crippen LogP contribution in [0.2, 0.25) is 0 Å². The number of nitrogens with one attached hydrogen (secondary N) is 1. The van der Waals surface area contributed by atoms with Crippen LogP contribution >= 0.6 is 11.3 Å². The Bertz CT molecular complexity index is 357. The third-order valence-corrected chi connectivity index (χ3v) is 4.85. The van der Waals surface area contributed by atoms with E-state index in [1.54, 1.807) is 11.3 Å². The van der Waals surface area contributed by atoms with Gasteiger partial charge in [0.15, 0.2) is 0 Å². The molecule has 16 heavy (non-hydrogen) atoms. The molecular weight excluding hydrogens is 216 g/mol. The Balaban J connectivity index is 2.07. The van der Waals surface area contributed by atoms with Crippen LogP contribution in [0, 0.1) is 12.8 Å². The molecule has 0 bridgehead atoms. The predicted octanol–water partition coefficient (Wildman–Crippen LogP) is 3.46. The van der Waals surface area contributed by atoms with Crippen molar-refractivity contribution in [3.63, 3.8) is 0 Å². The van der Waals surface area contributed by atoms with Gasteiger partial charge in [0.25, 0.3) is 0 Å². The molecule has 1 fully saturated rings. The van der Waals surface area contributed by atoms with Crippen molar-refractivity contribution < 1.29 is 0 Å². The Morgan fingerprint density at radius 1 is 1.44 bits per heavy atom. The first kappa shape index (κ1) is 12.1. The van der Waals surface area contributed by atoms with Gasteiger partial charge >= 0.3 is 0 Å². The molecule has 3 heteroatoms. The second-order valence-electron chi connectivity index (χ2n) is 5.58. The van der Waals surface area contributed by atoms with Crippen molar-refractivity contribution in [1.82, 2.24) is 10.3 Å². The molecule has 1 aliphatic rings. The zero-order valence-electron chi connectivity index (χ0n) is 10.7. The first-order valence-electron chi connectivity index (χ1n) is 6.19. The van der Waals surface area contributed by atoms with Crippen LogP contribution in [0.5, 0.6) is 0 Å². The van der Waals surface area contributed by atoms with Gasteiger partial charge in [0, 0.05) is 17.1 Å². The zero-order valence-corrected chi connectivity index (χ0v) is 11.5. The molecule has 0 aliphatic heterocycles. The lowest BCUT2D eigenvalue weighted by Crippen LogP contribution is -2.44. The Kier molecular flexibility index (Phi) is 3.36. The van der Waals surface area contributed by atoms with Crippen molar-refractivity contribution in [3.8, 4) is 0 Å². The first-order valence-corrected chi connectivity index (χ1v) is 7.07. The molecular formula is C13H22N2S. The average molecular weight is 238 g/mol. The summed E-state index contributed by atoms with van der Waals surface area (Å²) in [5.41, 5.74) is 1.15. The number of hydrogen-bond donors (Lipinski definition) is 1. The highest BCUT2D eigenvalue weighted by atomic mass is 32.1. The van der Waals surface area contributed by atoms with Gasteiger partial charge in [0.05, 0.1) is 5.54 Å². The fourth-order valence-electron chi connectivity index (χ4n) is 2.53. The SMILES string of the molecule is Cc1csc(C(C)(C)NC2CCCC2C)n1. The van der Waals surface area contributed by atoms with Gasteiger partial charge in [-0.25, -0.2) is 4.98 Å². The van der Waals surface area contributed by atoms with Crippen molar-refractivity contribution in [2.24, 2.45) is 5.92 Å². The molecule has 1 N–H and O–H groups in total. The zero-order chi connectivity index (χ0) is 11.8. The minimum atomic E-state index is 0.0161. The summed E-state index contributed by atoms with van der Waals surface area (Å²) in [6.07, 6.45) is 4.05. The molecule has 2 nitrogen and oxygen atoms in total. The minimum Gasteiger partial charge on any atom is -0.303 e. The van der Waals surface area contributed by atoms with E-state index in [2.05, 4.69) is 43.4 Å². The number of aromatic nitrogens is 1. The van der Waals surface area contributed by atoms with E-state index in [0.29, 0.717) is 6.04 Å². The van der Waals surface area contributed by atoms with E-state index in [9.17, 15) is 0 Å². The lowest BCUT2D eigenvalue weighted by molar-refractivity contribution is 0.303. The molecule has 2 unspecified atom stereocenters. The fourth-order valence-corrected chi connectivity index (χ4v) is 3.41. The lowest BCUT2D eigenvalue weighted by atomic mass is 10.00. The summed E-state index contributed by atoms with van der Waals surface area (Å²) in [5.74, 6) is 0.806. The third-order valence-electron chi connectivity index (χ3n) is 3.56. The molecule has 0 saturated heterocycles. The number of thiazole rings is 1. The van der Waals surface area contributed by atoms with Crippen molar-refractivity contribution in [2.45, 2.75) is 58.5 Å². The fraction of sp³-hybridized carbons (Fsp3) is 0.769. The Morgan fingerprint density at radius 3 is 2.69 bits per heavy atom. The van der Waals surface area contributed by atoms with E-state index < -0.39 is 0 Å². The quantitative estimate of drug-likeness (QED) is 0.872. The summed E-state index contributed by atoms with van der Waals surface area (Å²) in [6, 6.07) is 0.666. The van der Waals surface area contributed by atoms with Crippen molar-refractivity contribution in [1.29, 1.82) is 0 Å². The number of nitrogens with zero attached hydrogens (tertiary/aromatic N) is 1. The van der Waals surface area contributed by atoms with Crippen LogP contribution in [0.1, 0.15) is 50.7 Å². The minimum absolute atomic E-state index is 0.0161. The molecule has 1 aliphatic carbocycles. The Labute approximate surface area is 102 Å². The molecule has 1 aromatic heterocycles. The number of hydrogen-bond acceptors (Lipinski definition) is 3. The standard InChI is InChI=1S/C13H22N2S/c1-9-6-5-7-11(9)15-13(3,4)12-14-10(2)8-16-12/h8-9,11,15H,5-7H2,1-4H3. The summed E-state index contributed by atoms with van der Waals surface area (Å²) in [6.45, 7) is 8.91. The maximum absolute atomic E-state index is 4.61. The smallest absolute Gasteiger partial charge is 0.112 e. The molecule has 0 spiro atoms. The summed E-state index contributed by atoms with van der Waals surface area (Å²) >= 11 is 1.77. The van der Waals surface area contributed by atoms with Crippen molar-refractivity contribution in [2.75, 3.05) is 0 Å². The second kappa shape index (κ2) is 4.46. The number of rotatable bonds is 3. The molecule has 1 saturated carbocycles.